The summed E-state index contributed by atoms with van der Waals surface area (Å²) in [6.07, 6.45) is 9.15. The number of aromatic nitrogens is 2. The highest BCUT2D eigenvalue weighted by molar-refractivity contribution is 7.88. The van der Waals surface area contributed by atoms with Crippen molar-refractivity contribution in [2.45, 2.75) is 32.4 Å². The number of pyridine rings is 2. The maximum absolute atomic E-state index is 12.9. The average molecular weight is 503 g/mol. The smallest absolute Gasteiger partial charge is 0.259 e. The predicted octanol–water partition coefficient (Wildman–Crippen LogP) is 2.92. The number of ether oxygens (including phenoxy) is 1. The first-order chi connectivity index (χ1) is 16.2. The normalized spacial score (nSPS) is 20.1. The second-order valence-electron chi connectivity index (χ2n) is 9.52. The lowest BCUT2D eigenvalue weighted by Gasteiger charge is -2.38. The molecule has 3 aromatic rings. The summed E-state index contributed by atoms with van der Waals surface area (Å²) in [5, 5.41) is 0.701. The van der Waals surface area contributed by atoms with Gasteiger partial charge in [0.25, 0.3) is 5.56 Å². The molecular formula is C24H30N4O4S2. The van der Waals surface area contributed by atoms with Crippen LogP contribution >= 0.6 is 11.3 Å². The van der Waals surface area contributed by atoms with Crippen LogP contribution in [-0.2, 0) is 23.6 Å². The SMILES string of the molecule is CC1CN(S(C)(=O)=O)CCN1Cc1cc2c(=O)n(C)cc(-c3cncc(OCC4CC4)c3)c2s1. The molecule has 34 heavy (non-hydrogen) atoms. The Morgan fingerprint density at radius 2 is 2.00 bits per heavy atom. The van der Waals surface area contributed by atoms with Gasteiger partial charge in [0, 0.05) is 72.4 Å². The molecule has 1 atom stereocenters. The first-order valence-corrected chi connectivity index (χ1v) is 14.2. The van der Waals surface area contributed by atoms with Gasteiger partial charge < -0.3 is 9.30 Å². The minimum atomic E-state index is -3.18. The van der Waals surface area contributed by atoms with E-state index in [4.69, 9.17) is 4.74 Å². The lowest BCUT2D eigenvalue weighted by molar-refractivity contribution is 0.123. The molecular weight excluding hydrogens is 472 g/mol. The Hall–Kier alpha value is -2.27. The molecule has 182 valence electrons. The van der Waals surface area contributed by atoms with Gasteiger partial charge in [-0.15, -0.1) is 11.3 Å². The molecule has 8 nitrogen and oxygen atoms in total. The Morgan fingerprint density at radius 3 is 2.71 bits per heavy atom. The van der Waals surface area contributed by atoms with Gasteiger partial charge in [0.2, 0.25) is 10.0 Å². The third-order valence-electron chi connectivity index (χ3n) is 6.66. The van der Waals surface area contributed by atoms with Crippen LogP contribution in [0.5, 0.6) is 5.75 Å². The van der Waals surface area contributed by atoms with Crippen LogP contribution in [0.4, 0.5) is 0 Å². The van der Waals surface area contributed by atoms with Gasteiger partial charge in [0.1, 0.15) is 5.75 Å². The zero-order valence-corrected chi connectivity index (χ0v) is 21.4. The highest BCUT2D eigenvalue weighted by Gasteiger charge is 2.29. The van der Waals surface area contributed by atoms with Crippen molar-refractivity contribution in [1.82, 2.24) is 18.8 Å². The quantitative estimate of drug-likeness (QED) is 0.494. The van der Waals surface area contributed by atoms with E-state index >= 15 is 0 Å². The van der Waals surface area contributed by atoms with E-state index in [0.29, 0.717) is 37.5 Å². The van der Waals surface area contributed by atoms with E-state index in [1.54, 1.807) is 29.1 Å². The highest BCUT2D eigenvalue weighted by Crippen LogP contribution is 2.35. The molecule has 0 aromatic carbocycles. The molecule has 0 bridgehead atoms. The first kappa shape index (κ1) is 23.5. The first-order valence-electron chi connectivity index (χ1n) is 11.6. The number of hydrogen-bond donors (Lipinski definition) is 0. The van der Waals surface area contributed by atoms with Gasteiger partial charge >= 0.3 is 0 Å². The average Bonchev–Trinajstić information content (AvgIpc) is 3.53. The molecule has 1 saturated heterocycles. The molecule has 4 heterocycles. The summed E-state index contributed by atoms with van der Waals surface area (Å²) in [4.78, 5) is 20.7. The van der Waals surface area contributed by atoms with Crippen LogP contribution in [0.3, 0.4) is 0 Å². The lowest BCUT2D eigenvalue weighted by atomic mass is 10.1. The molecule has 0 spiro atoms. The van der Waals surface area contributed by atoms with E-state index in [-0.39, 0.29) is 11.6 Å². The number of thiophene rings is 1. The molecule has 1 aliphatic heterocycles. The van der Waals surface area contributed by atoms with Gasteiger partial charge in [-0.1, -0.05) is 0 Å². The summed E-state index contributed by atoms with van der Waals surface area (Å²) in [6, 6.07) is 4.09. The Labute approximate surface area is 203 Å². The van der Waals surface area contributed by atoms with Gasteiger partial charge in [0.05, 0.1) is 24.4 Å². The van der Waals surface area contributed by atoms with Crippen molar-refractivity contribution >= 4 is 31.4 Å². The Kier molecular flexibility index (Phi) is 6.26. The Morgan fingerprint density at radius 1 is 1.21 bits per heavy atom. The summed E-state index contributed by atoms with van der Waals surface area (Å²) in [7, 11) is -1.41. The van der Waals surface area contributed by atoms with Crippen molar-refractivity contribution < 1.29 is 13.2 Å². The van der Waals surface area contributed by atoms with Crippen molar-refractivity contribution in [2.75, 3.05) is 32.5 Å². The Balaban J connectivity index is 1.43. The van der Waals surface area contributed by atoms with E-state index in [2.05, 4.69) is 9.88 Å². The van der Waals surface area contributed by atoms with Crippen LogP contribution in [0.2, 0.25) is 0 Å². The van der Waals surface area contributed by atoms with Crippen molar-refractivity contribution in [2.24, 2.45) is 13.0 Å². The van der Waals surface area contributed by atoms with E-state index in [0.717, 1.165) is 33.1 Å². The summed E-state index contributed by atoms with van der Waals surface area (Å²) in [5.41, 5.74) is 1.87. The number of rotatable bonds is 7. The number of hydrogen-bond acceptors (Lipinski definition) is 7. The maximum atomic E-state index is 12.9. The minimum Gasteiger partial charge on any atom is -0.492 e. The number of aryl methyl sites for hydroxylation is 1. The minimum absolute atomic E-state index is 0.0229. The molecule has 0 N–H and O–H groups in total. The molecule has 5 rings (SSSR count). The molecule has 1 saturated carbocycles. The zero-order valence-electron chi connectivity index (χ0n) is 19.7. The lowest BCUT2D eigenvalue weighted by Crippen LogP contribution is -2.52. The fourth-order valence-electron chi connectivity index (χ4n) is 4.43. The van der Waals surface area contributed by atoms with Crippen molar-refractivity contribution in [1.29, 1.82) is 0 Å². The molecule has 0 radical (unpaired) electrons. The summed E-state index contributed by atoms with van der Waals surface area (Å²) in [6.45, 7) is 5.09. The number of fused-ring (bicyclic) bond motifs is 1. The monoisotopic (exact) mass is 502 g/mol. The summed E-state index contributed by atoms with van der Waals surface area (Å²) < 4.78 is 33.9. The van der Waals surface area contributed by atoms with Crippen LogP contribution < -0.4 is 10.3 Å². The van der Waals surface area contributed by atoms with Crippen LogP contribution in [0.15, 0.2) is 35.5 Å². The van der Waals surface area contributed by atoms with Crippen molar-refractivity contribution in [3.05, 3.63) is 46.0 Å². The third-order valence-corrected chi connectivity index (χ3v) is 9.09. The third kappa shape index (κ3) is 4.91. The van der Waals surface area contributed by atoms with Crippen molar-refractivity contribution in [3.63, 3.8) is 0 Å². The van der Waals surface area contributed by atoms with Gasteiger partial charge in [-0.3, -0.25) is 14.7 Å². The molecule has 1 unspecified atom stereocenters. The predicted molar refractivity (Wildman–Crippen MR) is 135 cm³/mol. The Bertz CT molecular complexity index is 1380. The van der Waals surface area contributed by atoms with E-state index < -0.39 is 10.0 Å². The second kappa shape index (κ2) is 9.07. The van der Waals surface area contributed by atoms with E-state index in [1.807, 2.05) is 31.5 Å². The topological polar surface area (TPSA) is 84.7 Å². The summed E-state index contributed by atoms with van der Waals surface area (Å²) >= 11 is 1.62. The highest BCUT2D eigenvalue weighted by atomic mass is 32.2. The fraction of sp³-hybridized carbons (Fsp3) is 0.500. The number of piperazine rings is 1. The zero-order chi connectivity index (χ0) is 24.0. The van der Waals surface area contributed by atoms with Crippen molar-refractivity contribution in [3.8, 4) is 16.9 Å². The largest absolute Gasteiger partial charge is 0.492 e. The maximum Gasteiger partial charge on any atom is 0.259 e. The van der Waals surface area contributed by atoms with Crippen LogP contribution in [-0.4, -0.2) is 65.7 Å². The van der Waals surface area contributed by atoms with Crippen LogP contribution in [0.25, 0.3) is 21.2 Å². The molecule has 0 amide bonds. The van der Waals surface area contributed by atoms with Gasteiger partial charge in [-0.2, -0.15) is 4.31 Å². The van der Waals surface area contributed by atoms with Gasteiger partial charge in [-0.25, -0.2) is 8.42 Å². The van der Waals surface area contributed by atoms with Gasteiger partial charge in [-0.05, 0) is 37.8 Å². The van der Waals surface area contributed by atoms with E-state index in [1.165, 1.54) is 23.4 Å². The molecule has 2 aliphatic rings. The molecule has 3 aromatic heterocycles. The second-order valence-corrected chi connectivity index (χ2v) is 12.6. The fourth-order valence-corrected chi connectivity index (χ4v) is 6.53. The van der Waals surface area contributed by atoms with Crippen LogP contribution in [0, 0.1) is 5.92 Å². The summed E-state index contributed by atoms with van der Waals surface area (Å²) in [5.74, 6) is 1.41. The van der Waals surface area contributed by atoms with Gasteiger partial charge in [0.15, 0.2) is 0 Å². The molecule has 2 fully saturated rings. The number of sulfonamides is 1. The number of nitrogens with zero attached hydrogens (tertiary/aromatic N) is 4. The standard InChI is InChI=1S/C24H30N4O4S2/c1-16-12-28(34(3,30)31)7-6-27(16)13-20-9-21-23(33-20)22(14-26(2)24(21)29)18-8-19(11-25-10-18)32-15-17-4-5-17/h8-11,14,16-17H,4-7,12-13,15H2,1-3H3. The van der Waals surface area contributed by atoms with Crippen LogP contribution in [0.1, 0.15) is 24.6 Å². The molecule has 1 aliphatic carbocycles. The molecule has 10 heteroatoms. The van der Waals surface area contributed by atoms with E-state index in [9.17, 15) is 13.2 Å².